The molecule has 0 aromatic heterocycles. The molecular formula is C14H12BrClFNO. The van der Waals surface area contributed by atoms with Crippen LogP contribution < -0.4 is 10.5 Å². The first kappa shape index (κ1) is 14.3. The molecular weight excluding hydrogens is 333 g/mol. The summed E-state index contributed by atoms with van der Waals surface area (Å²) < 4.78 is 19.3. The van der Waals surface area contributed by atoms with Crippen LogP contribution in [-0.4, -0.2) is 0 Å². The Kier molecular flexibility index (Phi) is 4.45. The molecule has 0 radical (unpaired) electrons. The van der Waals surface area contributed by atoms with Crippen molar-refractivity contribution in [2.45, 2.75) is 13.0 Å². The van der Waals surface area contributed by atoms with Crippen molar-refractivity contribution in [1.29, 1.82) is 0 Å². The van der Waals surface area contributed by atoms with E-state index in [0.717, 1.165) is 5.56 Å². The maximum absolute atomic E-state index is 13.4. The first-order valence-corrected chi connectivity index (χ1v) is 6.82. The van der Waals surface area contributed by atoms with Gasteiger partial charge < -0.3 is 10.5 Å². The monoisotopic (exact) mass is 343 g/mol. The van der Waals surface area contributed by atoms with Gasteiger partial charge in [0.05, 0.1) is 9.50 Å². The van der Waals surface area contributed by atoms with Gasteiger partial charge in [-0.3, -0.25) is 0 Å². The second-order valence-electron chi connectivity index (χ2n) is 4.16. The second kappa shape index (κ2) is 5.90. The molecule has 0 unspecified atom stereocenters. The van der Waals surface area contributed by atoms with Crippen LogP contribution in [-0.2, 0) is 0 Å². The van der Waals surface area contributed by atoms with Crippen LogP contribution in [0.1, 0.15) is 18.5 Å². The van der Waals surface area contributed by atoms with Gasteiger partial charge in [-0.2, -0.15) is 0 Å². The third-order valence-corrected chi connectivity index (χ3v) is 3.54. The fourth-order valence-corrected chi connectivity index (χ4v) is 2.02. The van der Waals surface area contributed by atoms with Gasteiger partial charge in [0.2, 0.25) is 0 Å². The summed E-state index contributed by atoms with van der Waals surface area (Å²) >= 11 is 9.20. The predicted molar refractivity (Wildman–Crippen MR) is 78.2 cm³/mol. The zero-order valence-corrected chi connectivity index (χ0v) is 12.5. The first-order chi connectivity index (χ1) is 8.97. The molecule has 2 aromatic carbocycles. The number of hydrogen-bond donors (Lipinski definition) is 1. The van der Waals surface area contributed by atoms with Gasteiger partial charge in [-0.1, -0.05) is 17.7 Å². The van der Waals surface area contributed by atoms with Crippen molar-refractivity contribution in [2.75, 3.05) is 0 Å². The van der Waals surface area contributed by atoms with Crippen LogP contribution >= 0.6 is 27.5 Å². The lowest BCUT2D eigenvalue weighted by Crippen LogP contribution is -2.04. The summed E-state index contributed by atoms with van der Waals surface area (Å²) in [6.45, 7) is 1.87. The molecule has 19 heavy (non-hydrogen) atoms. The second-order valence-corrected chi connectivity index (χ2v) is 5.42. The molecule has 0 saturated carbocycles. The highest BCUT2D eigenvalue weighted by molar-refractivity contribution is 9.10. The van der Waals surface area contributed by atoms with Gasteiger partial charge in [0.25, 0.3) is 0 Å². The standard InChI is InChI=1S/C14H12BrClFNO/c1-8(18)9-2-5-14(12(16)6-9)19-10-3-4-11(15)13(17)7-10/h2-8H,18H2,1H3/t8-/m0/s1. The van der Waals surface area contributed by atoms with E-state index in [1.807, 2.05) is 13.0 Å². The maximum Gasteiger partial charge on any atom is 0.146 e. The van der Waals surface area contributed by atoms with Crippen LogP contribution in [0.15, 0.2) is 40.9 Å². The third-order valence-electron chi connectivity index (χ3n) is 2.60. The van der Waals surface area contributed by atoms with Crippen LogP contribution in [0.5, 0.6) is 11.5 Å². The topological polar surface area (TPSA) is 35.2 Å². The summed E-state index contributed by atoms with van der Waals surface area (Å²) in [7, 11) is 0. The summed E-state index contributed by atoms with van der Waals surface area (Å²) in [5.74, 6) is 0.463. The number of hydrogen-bond acceptors (Lipinski definition) is 2. The average Bonchev–Trinajstić information content (AvgIpc) is 2.36. The predicted octanol–water partition coefficient (Wildman–Crippen LogP) is 5.05. The summed E-state index contributed by atoms with van der Waals surface area (Å²) in [4.78, 5) is 0. The molecule has 0 heterocycles. The highest BCUT2D eigenvalue weighted by atomic mass is 79.9. The minimum Gasteiger partial charge on any atom is -0.456 e. The molecule has 2 aromatic rings. The lowest BCUT2D eigenvalue weighted by atomic mass is 10.1. The van der Waals surface area contributed by atoms with E-state index in [4.69, 9.17) is 22.1 Å². The van der Waals surface area contributed by atoms with Crippen molar-refractivity contribution in [1.82, 2.24) is 0 Å². The fourth-order valence-electron chi connectivity index (χ4n) is 1.55. The van der Waals surface area contributed by atoms with Gasteiger partial charge in [0.15, 0.2) is 0 Å². The van der Waals surface area contributed by atoms with Gasteiger partial charge in [-0.25, -0.2) is 4.39 Å². The lowest BCUT2D eigenvalue weighted by molar-refractivity contribution is 0.476. The molecule has 1 atom stereocenters. The van der Waals surface area contributed by atoms with Crippen LogP contribution in [0.3, 0.4) is 0 Å². The molecule has 2 N–H and O–H groups in total. The Labute approximate surface area is 124 Å². The number of nitrogens with two attached hydrogens (primary N) is 1. The molecule has 2 rings (SSSR count). The van der Waals surface area contributed by atoms with Gasteiger partial charge in [-0.05, 0) is 52.7 Å². The summed E-state index contributed by atoms with van der Waals surface area (Å²) in [6, 6.07) is 9.73. The molecule has 0 aliphatic carbocycles. The van der Waals surface area contributed by atoms with E-state index < -0.39 is 0 Å². The molecule has 0 aliphatic rings. The van der Waals surface area contributed by atoms with Gasteiger partial charge in [-0.15, -0.1) is 0 Å². The molecule has 100 valence electrons. The molecule has 0 fully saturated rings. The van der Waals surface area contributed by atoms with Crippen LogP contribution in [0.2, 0.25) is 5.02 Å². The SMILES string of the molecule is C[C@H](N)c1ccc(Oc2ccc(Br)c(F)c2)c(Cl)c1. The fraction of sp³-hybridized carbons (Fsp3) is 0.143. The molecule has 0 amide bonds. The minimum absolute atomic E-state index is 0.100. The quantitative estimate of drug-likeness (QED) is 0.845. The van der Waals surface area contributed by atoms with Crippen LogP contribution in [0.25, 0.3) is 0 Å². The Morgan fingerprint density at radius 3 is 2.58 bits per heavy atom. The number of rotatable bonds is 3. The lowest BCUT2D eigenvalue weighted by Gasteiger charge is -2.11. The Morgan fingerprint density at radius 1 is 1.26 bits per heavy atom. The van der Waals surface area contributed by atoms with Gasteiger partial charge >= 0.3 is 0 Å². The zero-order chi connectivity index (χ0) is 14.0. The van der Waals surface area contributed by atoms with E-state index in [1.165, 1.54) is 6.07 Å². The van der Waals surface area contributed by atoms with Crippen LogP contribution in [0.4, 0.5) is 4.39 Å². The smallest absolute Gasteiger partial charge is 0.146 e. The number of benzene rings is 2. The van der Waals surface area contributed by atoms with Crippen molar-refractivity contribution >= 4 is 27.5 Å². The highest BCUT2D eigenvalue weighted by Gasteiger charge is 2.08. The zero-order valence-electron chi connectivity index (χ0n) is 10.2. The van der Waals surface area contributed by atoms with Gasteiger partial charge in [0.1, 0.15) is 17.3 Å². The maximum atomic E-state index is 13.4. The van der Waals surface area contributed by atoms with Crippen LogP contribution in [0, 0.1) is 5.82 Å². The summed E-state index contributed by atoms with van der Waals surface area (Å²) in [6.07, 6.45) is 0. The molecule has 0 bridgehead atoms. The molecule has 0 aliphatic heterocycles. The van der Waals surface area contributed by atoms with Gasteiger partial charge in [0, 0.05) is 12.1 Å². The summed E-state index contributed by atoms with van der Waals surface area (Å²) in [5.41, 5.74) is 6.68. The van der Waals surface area contributed by atoms with Crippen molar-refractivity contribution in [3.8, 4) is 11.5 Å². The summed E-state index contributed by atoms with van der Waals surface area (Å²) in [5, 5.41) is 0.443. The van der Waals surface area contributed by atoms with E-state index in [0.29, 0.717) is 21.0 Å². The third kappa shape index (κ3) is 3.47. The first-order valence-electron chi connectivity index (χ1n) is 5.65. The van der Waals surface area contributed by atoms with Crippen molar-refractivity contribution in [3.63, 3.8) is 0 Å². The Hall–Kier alpha value is -1.10. The van der Waals surface area contributed by atoms with E-state index in [1.54, 1.807) is 24.3 Å². The number of ether oxygens (including phenoxy) is 1. The van der Waals surface area contributed by atoms with Crippen molar-refractivity contribution in [3.05, 3.63) is 57.3 Å². The van der Waals surface area contributed by atoms with E-state index in [2.05, 4.69) is 15.9 Å². The van der Waals surface area contributed by atoms with Crippen molar-refractivity contribution in [2.24, 2.45) is 5.73 Å². The van der Waals surface area contributed by atoms with E-state index in [9.17, 15) is 4.39 Å². The Bertz CT molecular complexity index is 604. The van der Waals surface area contributed by atoms with E-state index in [-0.39, 0.29) is 11.9 Å². The number of halogens is 3. The minimum atomic E-state index is -0.388. The molecule has 5 heteroatoms. The Morgan fingerprint density at radius 2 is 2.00 bits per heavy atom. The van der Waals surface area contributed by atoms with Crippen molar-refractivity contribution < 1.29 is 9.13 Å². The van der Waals surface area contributed by atoms with E-state index >= 15 is 0 Å². The largest absolute Gasteiger partial charge is 0.456 e. The highest BCUT2D eigenvalue weighted by Crippen LogP contribution is 2.32. The Balaban J connectivity index is 2.25. The average molecular weight is 345 g/mol. The molecule has 0 saturated heterocycles. The normalized spacial score (nSPS) is 12.3. The molecule has 2 nitrogen and oxygen atoms in total. The molecule has 0 spiro atoms.